The van der Waals surface area contributed by atoms with Crippen LogP contribution in [-0.4, -0.2) is 9.97 Å². The molecule has 1 N–H and O–H groups in total. The zero-order valence-corrected chi connectivity index (χ0v) is 10.9. The number of fused-ring (bicyclic) bond motifs is 2. The second-order valence-corrected chi connectivity index (χ2v) is 4.87. The highest BCUT2D eigenvalue weighted by molar-refractivity contribution is 5.96. The molecule has 0 aliphatic heterocycles. The lowest BCUT2D eigenvalue weighted by molar-refractivity contribution is 0.616. The Morgan fingerprint density at radius 2 is 1.67 bits per heavy atom. The number of para-hydroxylation sites is 1. The number of H-pyrrole nitrogens is 1. The van der Waals surface area contributed by atoms with Crippen molar-refractivity contribution in [2.75, 3.05) is 0 Å². The molecule has 4 rings (SSSR count). The third-order valence-corrected chi connectivity index (χ3v) is 3.61. The van der Waals surface area contributed by atoms with E-state index in [0.29, 0.717) is 11.3 Å². The number of aromatic nitrogens is 2. The molecule has 0 bridgehead atoms. The molecule has 2 nitrogen and oxygen atoms in total. The Morgan fingerprint density at radius 1 is 0.857 bits per heavy atom. The summed E-state index contributed by atoms with van der Waals surface area (Å²) in [5, 5.41) is 1.24. The summed E-state index contributed by atoms with van der Waals surface area (Å²) in [6.07, 6.45) is 1.59. The van der Waals surface area contributed by atoms with Crippen molar-refractivity contribution in [3.63, 3.8) is 0 Å². The maximum absolute atomic E-state index is 14.0. The first-order valence-electron chi connectivity index (χ1n) is 6.55. The fourth-order valence-corrected chi connectivity index (χ4v) is 2.59. The minimum Gasteiger partial charge on any atom is -0.358 e. The molecule has 0 saturated carbocycles. The van der Waals surface area contributed by atoms with Crippen LogP contribution in [0.15, 0.2) is 54.7 Å². The van der Waals surface area contributed by atoms with Gasteiger partial charge in [-0.1, -0.05) is 24.3 Å². The van der Waals surface area contributed by atoms with Crippen LogP contribution in [0.2, 0.25) is 0 Å². The van der Waals surface area contributed by atoms with Gasteiger partial charge in [0, 0.05) is 22.5 Å². The average molecular weight is 280 g/mol. The Kier molecular flexibility index (Phi) is 2.51. The number of nitrogens with zero attached hydrogens (tertiary/aromatic N) is 1. The van der Waals surface area contributed by atoms with Crippen LogP contribution in [0.25, 0.3) is 33.1 Å². The van der Waals surface area contributed by atoms with Crippen molar-refractivity contribution in [2.24, 2.45) is 0 Å². The maximum atomic E-state index is 14.0. The molecule has 0 aliphatic carbocycles. The van der Waals surface area contributed by atoms with Crippen molar-refractivity contribution in [3.05, 3.63) is 66.4 Å². The lowest BCUT2D eigenvalue weighted by Gasteiger charge is -2.03. The van der Waals surface area contributed by atoms with Crippen LogP contribution in [0.5, 0.6) is 0 Å². The summed E-state index contributed by atoms with van der Waals surface area (Å²) in [6, 6.07) is 13.7. The number of nitrogens with one attached hydrogen (secondary N) is 1. The maximum Gasteiger partial charge on any atom is 0.147 e. The summed E-state index contributed by atoms with van der Waals surface area (Å²) in [4.78, 5) is 7.32. The molecule has 0 amide bonds. The van der Waals surface area contributed by atoms with Gasteiger partial charge < -0.3 is 4.98 Å². The van der Waals surface area contributed by atoms with E-state index in [1.807, 2.05) is 36.4 Å². The van der Waals surface area contributed by atoms with E-state index in [0.717, 1.165) is 23.0 Å². The summed E-state index contributed by atoms with van der Waals surface area (Å²) in [5.74, 6) is -0.934. The largest absolute Gasteiger partial charge is 0.358 e. The van der Waals surface area contributed by atoms with Crippen LogP contribution in [0, 0.1) is 11.6 Å². The van der Waals surface area contributed by atoms with Crippen molar-refractivity contribution < 1.29 is 8.78 Å². The van der Waals surface area contributed by atoms with E-state index in [9.17, 15) is 8.78 Å². The normalized spacial score (nSPS) is 11.3. The van der Waals surface area contributed by atoms with Crippen LogP contribution in [0.1, 0.15) is 0 Å². The van der Waals surface area contributed by atoms with Gasteiger partial charge in [0.1, 0.15) is 11.6 Å². The Labute approximate surface area is 119 Å². The predicted molar refractivity (Wildman–Crippen MR) is 79.0 cm³/mol. The minimum absolute atomic E-state index is 0.167. The molecule has 0 saturated heterocycles. The Bertz CT molecular complexity index is 973. The lowest BCUT2D eigenvalue weighted by Crippen LogP contribution is -1.86. The molecule has 2 aromatic heterocycles. The number of aromatic amines is 1. The van der Waals surface area contributed by atoms with Gasteiger partial charge >= 0.3 is 0 Å². The second kappa shape index (κ2) is 4.38. The van der Waals surface area contributed by atoms with Gasteiger partial charge in [0.05, 0.1) is 16.7 Å². The standard InChI is InChI=1S/C17H10F2N2/c18-12-6-7-13(19)17-16(12)11(9-20-17)15-8-5-10-3-1-2-4-14(10)21-15/h1-9,20H. The Hall–Kier alpha value is -2.75. The number of hydrogen-bond acceptors (Lipinski definition) is 1. The van der Waals surface area contributed by atoms with E-state index in [1.54, 1.807) is 6.20 Å². The molecule has 0 spiro atoms. The molecule has 0 radical (unpaired) electrons. The second-order valence-electron chi connectivity index (χ2n) is 4.87. The zero-order chi connectivity index (χ0) is 14.4. The number of halogens is 2. The predicted octanol–water partition coefficient (Wildman–Crippen LogP) is 4.66. The van der Waals surface area contributed by atoms with Gasteiger partial charge in [0.25, 0.3) is 0 Å². The fourth-order valence-electron chi connectivity index (χ4n) is 2.59. The minimum atomic E-state index is -0.474. The van der Waals surface area contributed by atoms with Gasteiger partial charge in [-0.2, -0.15) is 0 Å². The molecule has 2 aromatic carbocycles. The molecule has 2 heterocycles. The third kappa shape index (κ3) is 1.80. The van der Waals surface area contributed by atoms with Crippen LogP contribution < -0.4 is 0 Å². The van der Waals surface area contributed by atoms with Crippen molar-refractivity contribution in [1.82, 2.24) is 9.97 Å². The fraction of sp³-hybridized carbons (Fsp3) is 0. The summed E-state index contributed by atoms with van der Waals surface area (Å²) >= 11 is 0. The van der Waals surface area contributed by atoms with E-state index in [1.165, 1.54) is 0 Å². The van der Waals surface area contributed by atoms with Crippen molar-refractivity contribution >= 4 is 21.8 Å². The molecular formula is C17H10F2N2. The van der Waals surface area contributed by atoms with Crippen molar-refractivity contribution in [2.45, 2.75) is 0 Å². The molecule has 4 heteroatoms. The first-order valence-corrected chi connectivity index (χ1v) is 6.55. The molecule has 0 atom stereocenters. The number of pyridine rings is 1. The van der Waals surface area contributed by atoms with Gasteiger partial charge in [-0.3, -0.25) is 0 Å². The molecule has 102 valence electrons. The Morgan fingerprint density at radius 3 is 2.57 bits per heavy atom. The van der Waals surface area contributed by atoms with Crippen molar-refractivity contribution in [1.29, 1.82) is 0 Å². The topological polar surface area (TPSA) is 28.7 Å². The number of rotatable bonds is 1. The highest BCUT2D eigenvalue weighted by Crippen LogP contribution is 2.31. The van der Waals surface area contributed by atoms with Gasteiger partial charge in [-0.05, 0) is 24.3 Å². The van der Waals surface area contributed by atoms with E-state index in [4.69, 9.17) is 0 Å². The van der Waals surface area contributed by atoms with E-state index < -0.39 is 11.6 Å². The van der Waals surface area contributed by atoms with Gasteiger partial charge in [-0.25, -0.2) is 13.8 Å². The molecule has 0 unspecified atom stereocenters. The summed E-state index contributed by atoms with van der Waals surface area (Å²) < 4.78 is 27.8. The zero-order valence-electron chi connectivity index (χ0n) is 10.9. The highest BCUT2D eigenvalue weighted by atomic mass is 19.1. The van der Waals surface area contributed by atoms with Gasteiger partial charge in [0.2, 0.25) is 0 Å². The summed E-state index contributed by atoms with van der Waals surface area (Å²) in [7, 11) is 0. The van der Waals surface area contributed by atoms with Crippen LogP contribution >= 0.6 is 0 Å². The van der Waals surface area contributed by atoms with E-state index >= 15 is 0 Å². The Balaban J connectivity index is 2.02. The first kappa shape index (κ1) is 12.0. The van der Waals surface area contributed by atoms with E-state index in [-0.39, 0.29) is 10.9 Å². The van der Waals surface area contributed by atoms with Gasteiger partial charge in [-0.15, -0.1) is 0 Å². The van der Waals surface area contributed by atoms with E-state index in [2.05, 4.69) is 9.97 Å². The monoisotopic (exact) mass is 280 g/mol. The van der Waals surface area contributed by atoms with Crippen molar-refractivity contribution in [3.8, 4) is 11.3 Å². The van der Waals surface area contributed by atoms with Crippen LogP contribution in [0.4, 0.5) is 8.78 Å². The first-order chi connectivity index (χ1) is 10.2. The third-order valence-electron chi connectivity index (χ3n) is 3.61. The molecule has 4 aromatic rings. The summed E-state index contributed by atoms with van der Waals surface area (Å²) in [5.41, 5.74) is 2.17. The number of benzene rings is 2. The van der Waals surface area contributed by atoms with Crippen LogP contribution in [0.3, 0.4) is 0 Å². The average Bonchev–Trinajstić information content (AvgIpc) is 2.97. The SMILES string of the molecule is Fc1ccc(F)c2c(-c3ccc4ccccc4n3)c[nH]c12. The van der Waals surface area contributed by atoms with Gasteiger partial charge in [0.15, 0.2) is 0 Å². The smallest absolute Gasteiger partial charge is 0.147 e. The molecule has 21 heavy (non-hydrogen) atoms. The quantitative estimate of drug-likeness (QED) is 0.539. The highest BCUT2D eigenvalue weighted by Gasteiger charge is 2.14. The van der Waals surface area contributed by atoms with Crippen LogP contribution in [-0.2, 0) is 0 Å². The lowest BCUT2D eigenvalue weighted by atomic mass is 10.1. The molecule has 0 aliphatic rings. The molecular weight excluding hydrogens is 270 g/mol. The number of hydrogen-bond donors (Lipinski definition) is 1. The molecule has 0 fully saturated rings. The summed E-state index contributed by atoms with van der Waals surface area (Å²) in [6.45, 7) is 0.